The van der Waals surface area contributed by atoms with E-state index in [1.165, 1.54) is 23.1 Å². The highest BCUT2D eigenvalue weighted by Gasteiger charge is 2.16. The minimum atomic E-state index is -1.04. The molecule has 0 aliphatic rings. The number of aryl methyl sites for hydroxylation is 1. The Labute approximate surface area is 123 Å². The van der Waals surface area contributed by atoms with E-state index in [0.717, 1.165) is 5.56 Å². The van der Waals surface area contributed by atoms with E-state index in [0.29, 0.717) is 11.4 Å². The van der Waals surface area contributed by atoms with Crippen molar-refractivity contribution in [1.29, 1.82) is 0 Å². The Kier molecular flexibility index (Phi) is 4.18. The minimum absolute atomic E-state index is 0.127. The molecule has 0 unspecified atom stereocenters. The summed E-state index contributed by atoms with van der Waals surface area (Å²) in [4.78, 5) is 24.7. The molecule has 21 heavy (non-hydrogen) atoms. The molecular weight excluding hydrogens is 266 g/mol. The fraction of sp³-hybridized carbons (Fsp3) is 0.0588. The summed E-state index contributed by atoms with van der Waals surface area (Å²) in [5, 5.41) is 9.08. The maximum absolute atomic E-state index is 12.2. The largest absolute Gasteiger partial charge is 0.478 e. The lowest BCUT2D eigenvalue weighted by atomic mass is 10.1. The quantitative estimate of drug-likeness (QED) is 0.872. The number of rotatable bonds is 4. The van der Waals surface area contributed by atoms with Crippen molar-refractivity contribution in [3.8, 4) is 0 Å². The van der Waals surface area contributed by atoms with Gasteiger partial charge in [-0.1, -0.05) is 24.8 Å². The summed E-state index contributed by atoms with van der Waals surface area (Å²) in [6.45, 7) is 5.43. The number of aromatic carboxylic acids is 1. The van der Waals surface area contributed by atoms with Gasteiger partial charge in [-0.3, -0.25) is 9.69 Å². The van der Waals surface area contributed by atoms with Crippen molar-refractivity contribution >= 4 is 23.3 Å². The lowest BCUT2D eigenvalue weighted by molar-refractivity contribution is -0.113. The van der Waals surface area contributed by atoms with E-state index in [1.807, 2.05) is 25.1 Å². The molecule has 0 aliphatic carbocycles. The first-order valence-electron chi connectivity index (χ1n) is 6.39. The van der Waals surface area contributed by atoms with Crippen molar-refractivity contribution < 1.29 is 14.7 Å². The molecule has 1 N–H and O–H groups in total. The van der Waals surface area contributed by atoms with Gasteiger partial charge in [-0.2, -0.15) is 0 Å². The monoisotopic (exact) mass is 281 g/mol. The molecule has 0 aliphatic heterocycles. The van der Waals surface area contributed by atoms with Crippen molar-refractivity contribution in [1.82, 2.24) is 0 Å². The summed E-state index contributed by atoms with van der Waals surface area (Å²) < 4.78 is 0. The van der Waals surface area contributed by atoms with Gasteiger partial charge in [-0.15, -0.1) is 0 Å². The first-order chi connectivity index (χ1) is 10.0. The molecule has 0 saturated heterocycles. The molecule has 2 aromatic rings. The van der Waals surface area contributed by atoms with Gasteiger partial charge in [-0.25, -0.2) is 4.79 Å². The van der Waals surface area contributed by atoms with Crippen LogP contribution in [-0.2, 0) is 4.79 Å². The third-order valence-electron chi connectivity index (χ3n) is 3.01. The number of benzene rings is 2. The van der Waals surface area contributed by atoms with Crippen molar-refractivity contribution in [3.05, 3.63) is 72.3 Å². The number of anilines is 2. The van der Waals surface area contributed by atoms with Crippen molar-refractivity contribution in [2.45, 2.75) is 6.92 Å². The van der Waals surface area contributed by atoms with Crippen LogP contribution in [0.3, 0.4) is 0 Å². The van der Waals surface area contributed by atoms with Crippen LogP contribution in [-0.4, -0.2) is 17.0 Å². The van der Waals surface area contributed by atoms with Gasteiger partial charge in [0.2, 0.25) is 0 Å². The first-order valence-corrected chi connectivity index (χ1v) is 6.39. The highest BCUT2D eigenvalue weighted by molar-refractivity contribution is 6.07. The number of hydrogen-bond donors (Lipinski definition) is 1. The molecule has 0 aromatic heterocycles. The van der Waals surface area contributed by atoms with Crippen molar-refractivity contribution in [2.75, 3.05) is 4.90 Å². The molecule has 0 fully saturated rings. The number of carboxylic acids is 1. The average molecular weight is 281 g/mol. The zero-order valence-electron chi connectivity index (χ0n) is 11.6. The van der Waals surface area contributed by atoms with Crippen LogP contribution in [0.4, 0.5) is 11.4 Å². The molecule has 0 radical (unpaired) electrons. The third-order valence-corrected chi connectivity index (χ3v) is 3.01. The second-order valence-corrected chi connectivity index (χ2v) is 4.57. The Morgan fingerprint density at radius 3 is 2.29 bits per heavy atom. The fourth-order valence-electron chi connectivity index (χ4n) is 2.04. The zero-order chi connectivity index (χ0) is 15.4. The van der Waals surface area contributed by atoms with E-state index in [1.54, 1.807) is 18.2 Å². The van der Waals surface area contributed by atoms with E-state index in [4.69, 9.17) is 5.11 Å². The van der Waals surface area contributed by atoms with Gasteiger partial charge in [0.1, 0.15) is 0 Å². The third kappa shape index (κ3) is 3.17. The molecule has 4 nitrogen and oxygen atoms in total. The second kappa shape index (κ2) is 6.05. The van der Waals surface area contributed by atoms with E-state index in [-0.39, 0.29) is 11.5 Å². The topological polar surface area (TPSA) is 57.6 Å². The van der Waals surface area contributed by atoms with Gasteiger partial charge in [0.25, 0.3) is 5.91 Å². The predicted octanol–water partition coefficient (Wildman–Crippen LogP) is 3.54. The van der Waals surface area contributed by atoms with E-state index in [9.17, 15) is 9.59 Å². The molecule has 4 heteroatoms. The average Bonchev–Trinajstić information content (AvgIpc) is 2.47. The lowest BCUT2D eigenvalue weighted by Gasteiger charge is -2.22. The normalized spacial score (nSPS) is 9.95. The van der Waals surface area contributed by atoms with Gasteiger partial charge in [0.05, 0.1) is 11.3 Å². The van der Waals surface area contributed by atoms with E-state index >= 15 is 0 Å². The molecule has 2 rings (SSSR count). The predicted molar refractivity (Wildman–Crippen MR) is 81.9 cm³/mol. The van der Waals surface area contributed by atoms with Gasteiger partial charge in [0.15, 0.2) is 0 Å². The number of carbonyl (C=O) groups is 2. The highest BCUT2D eigenvalue weighted by atomic mass is 16.4. The van der Waals surface area contributed by atoms with Crippen LogP contribution in [0.5, 0.6) is 0 Å². The van der Waals surface area contributed by atoms with E-state index < -0.39 is 5.97 Å². The van der Waals surface area contributed by atoms with Gasteiger partial charge < -0.3 is 5.11 Å². The Bertz CT molecular complexity index is 707. The maximum Gasteiger partial charge on any atom is 0.335 e. The second-order valence-electron chi connectivity index (χ2n) is 4.57. The summed E-state index contributed by atoms with van der Waals surface area (Å²) >= 11 is 0. The number of carboxylic acid groups (broad SMARTS) is 1. The Morgan fingerprint density at radius 2 is 1.71 bits per heavy atom. The highest BCUT2D eigenvalue weighted by Crippen LogP contribution is 2.27. The molecule has 0 bridgehead atoms. The molecule has 0 spiro atoms. The van der Waals surface area contributed by atoms with Gasteiger partial charge in [0, 0.05) is 5.69 Å². The standard InChI is InChI=1S/C17H15NO3/c1-3-16(19)18(14-8-4-6-12(2)10-14)15-9-5-7-13(11-15)17(20)21/h3-11H,1H2,2H3,(H,20,21). The van der Waals surface area contributed by atoms with Crippen LogP contribution < -0.4 is 4.90 Å². The number of amides is 1. The van der Waals surface area contributed by atoms with Gasteiger partial charge in [-0.05, 0) is 48.9 Å². The van der Waals surface area contributed by atoms with Crippen molar-refractivity contribution in [2.24, 2.45) is 0 Å². The molecule has 1 amide bonds. The van der Waals surface area contributed by atoms with Crippen LogP contribution in [0.25, 0.3) is 0 Å². The fourth-order valence-corrected chi connectivity index (χ4v) is 2.04. The molecule has 0 atom stereocenters. The van der Waals surface area contributed by atoms with Gasteiger partial charge >= 0.3 is 5.97 Å². The summed E-state index contributed by atoms with van der Waals surface area (Å²) in [6.07, 6.45) is 1.20. The molecule has 106 valence electrons. The molecule has 0 heterocycles. The van der Waals surface area contributed by atoms with Crippen LogP contribution >= 0.6 is 0 Å². The Hall–Kier alpha value is -2.88. The summed E-state index contributed by atoms with van der Waals surface area (Å²) in [6, 6.07) is 13.7. The van der Waals surface area contributed by atoms with Crippen LogP contribution in [0.15, 0.2) is 61.2 Å². The summed E-state index contributed by atoms with van der Waals surface area (Å²) in [5.41, 5.74) is 2.29. The number of hydrogen-bond acceptors (Lipinski definition) is 2. The summed E-state index contributed by atoms with van der Waals surface area (Å²) in [5.74, 6) is -1.35. The van der Waals surface area contributed by atoms with Crippen molar-refractivity contribution in [3.63, 3.8) is 0 Å². The molecule has 0 saturated carbocycles. The van der Waals surface area contributed by atoms with Crippen LogP contribution in [0.1, 0.15) is 15.9 Å². The molecule has 2 aromatic carbocycles. The zero-order valence-corrected chi connectivity index (χ0v) is 11.6. The lowest BCUT2D eigenvalue weighted by Crippen LogP contribution is -2.23. The first kappa shape index (κ1) is 14.5. The smallest absolute Gasteiger partial charge is 0.335 e. The molecular formula is C17H15NO3. The van der Waals surface area contributed by atoms with E-state index in [2.05, 4.69) is 6.58 Å². The number of nitrogens with zero attached hydrogens (tertiary/aromatic N) is 1. The Morgan fingerprint density at radius 1 is 1.10 bits per heavy atom. The minimum Gasteiger partial charge on any atom is -0.478 e. The Balaban J connectivity index is 2.56. The summed E-state index contributed by atoms with van der Waals surface area (Å²) in [7, 11) is 0. The van der Waals surface area contributed by atoms with Crippen LogP contribution in [0, 0.1) is 6.92 Å². The number of carbonyl (C=O) groups excluding carboxylic acids is 1. The SMILES string of the molecule is C=CC(=O)N(c1cccc(C)c1)c1cccc(C(=O)O)c1. The van der Waals surface area contributed by atoms with Crippen LogP contribution in [0.2, 0.25) is 0 Å². The maximum atomic E-state index is 12.2.